The Balaban J connectivity index is 1.88. The molecule has 1 aliphatic heterocycles. The number of aliphatic imine (C=N–C) groups is 1. The second-order valence-electron chi connectivity index (χ2n) is 7.60. The van der Waals surface area contributed by atoms with Gasteiger partial charge in [0.05, 0.1) is 13.2 Å². The number of nitrogens with two attached hydrogens (primary N) is 1. The van der Waals surface area contributed by atoms with Gasteiger partial charge in [0.1, 0.15) is 29.0 Å². The van der Waals surface area contributed by atoms with Crippen molar-refractivity contribution in [3.8, 4) is 11.3 Å². The zero-order valence-electron chi connectivity index (χ0n) is 18.4. The Morgan fingerprint density at radius 1 is 1.33 bits per heavy atom. The highest BCUT2D eigenvalue weighted by molar-refractivity contribution is 6.30. The van der Waals surface area contributed by atoms with Crippen molar-refractivity contribution in [2.24, 2.45) is 17.8 Å². The van der Waals surface area contributed by atoms with Crippen molar-refractivity contribution < 1.29 is 9.13 Å². The molecule has 33 heavy (non-hydrogen) atoms. The van der Waals surface area contributed by atoms with Crippen LogP contribution < -0.4 is 16.2 Å². The van der Waals surface area contributed by atoms with Gasteiger partial charge in [0, 0.05) is 43.1 Å². The van der Waals surface area contributed by atoms with E-state index in [0.717, 1.165) is 0 Å². The first kappa shape index (κ1) is 22.8. The molecule has 0 radical (unpaired) electrons. The Morgan fingerprint density at radius 3 is 2.85 bits per heavy atom. The Kier molecular flexibility index (Phi) is 6.39. The molecule has 2 aromatic heterocycles. The molecule has 1 atom stereocenters. The van der Waals surface area contributed by atoms with Crippen molar-refractivity contribution in [3.05, 3.63) is 57.0 Å². The largest absolute Gasteiger partial charge is 0.400 e. The summed E-state index contributed by atoms with van der Waals surface area (Å²) in [5.74, 6) is 0.153. The van der Waals surface area contributed by atoms with Crippen LogP contribution in [0.1, 0.15) is 5.82 Å². The number of halogens is 2. The van der Waals surface area contributed by atoms with E-state index in [9.17, 15) is 9.18 Å². The lowest BCUT2D eigenvalue weighted by Gasteiger charge is -2.33. The number of benzene rings is 1. The maximum absolute atomic E-state index is 14.9. The normalized spacial score (nSPS) is 17.3. The molecular formula is C22H23ClFN7O2. The highest BCUT2D eigenvalue weighted by Crippen LogP contribution is 2.30. The molecule has 1 unspecified atom stereocenters. The van der Waals surface area contributed by atoms with Gasteiger partial charge in [-0.1, -0.05) is 11.6 Å². The number of fused-ring (bicyclic) bond motifs is 1. The summed E-state index contributed by atoms with van der Waals surface area (Å²) in [4.78, 5) is 32.4. The van der Waals surface area contributed by atoms with Gasteiger partial charge in [0.15, 0.2) is 5.52 Å². The SMILES string of the molecule is CN=C/C=C(\N)C1CN(c2nc(-c3ccc(Cl)cc3F)c3nc(C)n(C)c(=O)c3n2)CCO1. The molecule has 3 heterocycles. The number of rotatable bonds is 4. The molecule has 172 valence electrons. The third kappa shape index (κ3) is 4.44. The number of morpholine rings is 1. The van der Waals surface area contributed by atoms with Gasteiger partial charge in [-0.25, -0.2) is 19.3 Å². The summed E-state index contributed by atoms with van der Waals surface area (Å²) in [5, 5.41) is 0.254. The summed E-state index contributed by atoms with van der Waals surface area (Å²) in [6.45, 7) is 2.89. The van der Waals surface area contributed by atoms with E-state index in [0.29, 0.717) is 31.2 Å². The molecule has 4 rings (SSSR count). The van der Waals surface area contributed by atoms with Crippen molar-refractivity contribution in [1.82, 2.24) is 19.5 Å². The summed E-state index contributed by atoms with van der Waals surface area (Å²) in [7, 11) is 3.26. The second-order valence-corrected chi connectivity index (χ2v) is 8.03. The molecule has 0 spiro atoms. The van der Waals surface area contributed by atoms with E-state index in [4.69, 9.17) is 22.1 Å². The monoisotopic (exact) mass is 471 g/mol. The molecule has 1 fully saturated rings. The molecule has 0 saturated carbocycles. The third-order valence-electron chi connectivity index (χ3n) is 5.46. The van der Waals surface area contributed by atoms with E-state index in [2.05, 4.69) is 19.9 Å². The van der Waals surface area contributed by atoms with Gasteiger partial charge in [-0.05, 0) is 31.2 Å². The molecule has 2 N–H and O–H groups in total. The minimum absolute atomic E-state index is 0.0992. The molecule has 1 aromatic carbocycles. The summed E-state index contributed by atoms with van der Waals surface area (Å²) in [6.07, 6.45) is 2.85. The molecule has 0 aliphatic carbocycles. The number of nitrogens with zero attached hydrogens (tertiary/aromatic N) is 6. The van der Waals surface area contributed by atoms with Gasteiger partial charge in [-0.2, -0.15) is 0 Å². The fraction of sp³-hybridized carbons (Fsp3) is 0.318. The van der Waals surface area contributed by atoms with Crippen LogP contribution in [0.2, 0.25) is 5.02 Å². The predicted octanol–water partition coefficient (Wildman–Crippen LogP) is 2.24. The van der Waals surface area contributed by atoms with Crippen LogP contribution in [-0.2, 0) is 11.8 Å². The van der Waals surface area contributed by atoms with E-state index in [1.54, 1.807) is 39.4 Å². The minimum atomic E-state index is -0.570. The average molecular weight is 472 g/mol. The van der Waals surface area contributed by atoms with Crippen molar-refractivity contribution in [1.29, 1.82) is 0 Å². The maximum atomic E-state index is 14.9. The van der Waals surface area contributed by atoms with E-state index in [1.165, 1.54) is 16.7 Å². The van der Waals surface area contributed by atoms with Gasteiger partial charge in [-0.15, -0.1) is 0 Å². The Morgan fingerprint density at radius 2 is 2.12 bits per heavy atom. The van der Waals surface area contributed by atoms with Gasteiger partial charge in [-0.3, -0.25) is 14.4 Å². The molecular weight excluding hydrogens is 449 g/mol. The number of allylic oxidation sites excluding steroid dienone is 1. The van der Waals surface area contributed by atoms with Crippen LogP contribution in [0.5, 0.6) is 0 Å². The van der Waals surface area contributed by atoms with Crippen LogP contribution >= 0.6 is 11.6 Å². The summed E-state index contributed by atoms with van der Waals surface area (Å²) in [6, 6.07) is 4.28. The molecule has 3 aromatic rings. The maximum Gasteiger partial charge on any atom is 0.279 e. The first-order chi connectivity index (χ1) is 15.8. The fourth-order valence-electron chi connectivity index (χ4n) is 3.55. The van der Waals surface area contributed by atoms with Crippen LogP contribution in [0, 0.1) is 12.7 Å². The van der Waals surface area contributed by atoms with Crippen LogP contribution in [0.3, 0.4) is 0 Å². The van der Waals surface area contributed by atoms with Crippen molar-refractivity contribution in [2.75, 3.05) is 31.6 Å². The zero-order valence-corrected chi connectivity index (χ0v) is 19.2. The number of anilines is 1. The van der Waals surface area contributed by atoms with Crippen LogP contribution in [0.25, 0.3) is 22.3 Å². The summed E-state index contributed by atoms with van der Waals surface area (Å²) in [5.41, 5.74) is 7.01. The van der Waals surface area contributed by atoms with E-state index < -0.39 is 11.9 Å². The van der Waals surface area contributed by atoms with E-state index >= 15 is 0 Å². The number of hydrogen-bond donors (Lipinski definition) is 1. The molecule has 11 heteroatoms. The van der Waals surface area contributed by atoms with Crippen molar-refractivity contribution in [2.45, 2.75) is 13.0 Å². The van der Waals surface area contributed by atoms with E-state index in [1.807, 2.05) is 4.90 Å². The number of ether oxygens (including phenoxy) is 1. The first-order valence-corrected chi connectivity index (χ1v) is 10.6. The smallest absolute Gasteiger partial charge is 0.279 e. The fourth-order valence-corrected chi connectivity index (χ4v) is 3.71. The Labute approximate surface area is 194 Å². The number of aryl methyl sites for hydroxylation is 1. The Bertz CT molecular complexity index is 1340. The van der Waals surface area contributed by atoms with Crippen LogP contribution in [0.15, 0.2) is 39.8 Å². The van der Waals surface area contributed by atoms with Gasteiger partial charge >= 0.3 is 0 Å². The molecule has 0 amide bonds. The van der Waals surface area contributed by atoms with Gasteiger partial charge in [0.2, 0.25) is 5.95 Å². The molecule has 0 bridgehead atoms. The van der Waals surface area contributed by atoms with E-state index in [-0.39, 0.29) is 38.8 Å². The molecule has 1 saturated heterocycles. The van der Waals surface area contributed by atoms with Gasteiger partial charge in [0.25, 0.3) is 5.56 Å². The topological polar surface area (TPSA) is 112 Å². The van der Waals surface area contributed by atoms with Crippen LogP contribution in [0.4, 0.5) is 10.3 Å². The Hall–Kier alpha value is -3.37. The van der Waals surface area contributed by atoms with Crippen molar-refractivity contribution >= 4 is 34.8 Å². The summed E-state index contributed by atoms with van der Waals surface area (Å²) >= 11 is 5.94. The second kappa shape index (κ2) is 9.24. The predicted molar refractivity (Wildman–Crippen MR) is 126 cm³/mol. The lowest BCUT2D eigenvalue weighted by atomic mass is 10.1. The average Bonchev–Trinajstić information content (AvgIpc) is 2.81. The van der Waals surface area contributed by atoms with Crippen LogP contribution in [-0.4, -0.2) is 58.6 Å². The zero-order chi connectivity index (χ0) is 23.7. The quantitative estimate of drug-likeness (QED) is 0.581. The lowest BCUT2D eigenvalue weighted by Crippen LogP contribution is -2.45. The number of hydrogen-bond acceptors (Lipinski definition) is 8. The first-order valence-electron chi connectivity index (χ1n) is 10.2. The lowest BCUT2D eigenvalue weighted by molar-refractivity contribution is 0.0628. The van der Waals surface area contributed by atoms with Gasteiger partial charge < -0.3 is 15.4 Å². The highest BCUT2D eigenvalue weighted by atomic mass is 35.5. The standard InChI is InChI=1S/C22H23ClFN7O2/c1-12-27-19-18(14-5-4-13(23)10-15(14)24)28-22(29-20(19)21(32)30(12)3)31-8-9-33-17(11-31)16(25)6-7-26-2/h4-7,10,17H,8-9,11,25H2,1-3H3/b16-6-,26-7?. The summed E-state index contributed by atoms with van der Waals surface area (Å²) < 4.78 is 22.1. The highest BCUT2D eigenvalue weighted by Gasteiger charge is 2.27. The third-order valence-corrected chi connectivity index (χ3v) is 5.70. The van der Waals surface area contributed by atoms with Crippen molar-refractivity contribution in [3.63, 3.8) is 0 Å². The molecule has 1 aliphatic rings. The molecule has 9 nitrogen and oxygen atoms in total. The minimum Gasteiger partial charge on any atom is -0.400 e. The number of aromatic nitrogens is 4.